The zero-order chi connectivity index (χ0) is 9.23. The van der Waals surface area contributed by atoms with Crippen LogP contribution in [0, 0.1) is 12.3 Å². The van der Waals surface area contributed by atoms with Gasteiger partial charge in [0.25, 0.3) is 0 Å². The molecule has 0 aliphatic rings. The summed E-state index contributed by atoms with van der Waals surface area (Å²) in [6.07, 6.45) is 11.5. The van der Waals surface area contributed by atoms with Crippen LogP contribution in [0.15, 0.2) is 0 Å². The molecule has 0 aromatic carbocycles. The van der Waals surface area contributed by atoms with Crippen molar-refractivity contribution in [3.63, 3.8) is 0 Å². The second-order valence-corrected chi connectivity index (χ2v) is 3.05. The van der Waals surface area contributed by atoms with Gasteiger partial charge in [-0.15, -0.1) is 12.3 Å². The first-order valence-electron chi connectivity index (χ1n) is 4.76. The number of unbranched alkanes of at least 4 members (excludes halogenated alkanes) is 3. The predicted molar refractivity (Wildman–Crippen MR) is 51.8 cm³/mol. The highest BCUT2D eigenvalue weighted by molar-refractivity contribution is 5.78. The number of hydrogen-bond donors (Lipinski definition) is 0. The van der Waals surface area contributed by atoms with Crippen molar-refractivity contribution >= 4 is 5.78 Å². The van der Waals surface area contributed by atoms with Crippen molar-refractivity contribution in [3.05, 3.63) is 0 Å². The molecule has 0 aliphatic carbocycles. The number of carbonyl (C=O) groups excluding carboxylic acids is 1. The Morgan fingerprint density at radius 1 is 1.25 bits per heavy atom. The molecule has 1 heteroatoms. The van der Waals surface area contributed by atoms with Crippen molar-refractivity contribution in [1.82, 2.24) is 0 Å². The molecule has 12 heavy (non-hydrogen) atoms. The molecule has 0 atom stereocenters. The van der Waals surface area contributed by atoms with Gasteiger partial charge in [-0.25, -0.2) is 0 Å². The van der Waals surface area contributed by atoms with Gasteiger partial charge in [-0.05, 0) is 12.8 Å². The minimum Gasteiger partial charge on any atom is -0.300 e. The summed E-state index contributed by atoms with van der Waals surface area (Å²) in [6.45, 7) is 2.14. The molecule has 0 aliphatic heterocycles. The summed E-state index contributed by atoms with van der Waals surface area (Å²) in [5.74, 6) is 2.91. The van der Waals surface area contributed by atoms with Gasteiger partial charge in [0.1, 0.15) is 5.78 Å². The lowest BCUT2D eigenvalue weighted by Gasteiger charge is -1.97. The summed E-state index contributed by atoms with van der Waals surface area (Å²) in [5.41, 5.74) is 0. The molecule has 0 heterocycles. The maximum absolute atomic E-state index is 11.1. The topological polar surface area (TPSA) is 17.1 Å². The van der Waals surface area contributed by atoms with Crippen molar-refractivity contribution in [2.24, 2.45) is 0 Å². The Balaban J connectivity index is 3.17. The van der Waals surface area contributed by atoms with Crippen LogP contribution in [0.25, 0.3) is 0 Å². The van der Waals surface area contributed by atoms with E-state index in [4.69, 9.17) is 6.42 Å². The monoisotopic (exact) mass is 166 g/mol. The number of hydrogen-bond acceptors (Lipinski definition) is 1. The van der Waals surface area contributed by atoms with Crippen LogP contribution in [-0.4, -0.2) is 5.78 Å². The van der Waals surface area contributed by atoms with Crippen LogP contribution in [0.2, 0.25) is 0 Å². The Kier molecular flexibility index (Phi) is 7.79. The Morgan fingerprint density at radius 2 is 1.92 bits per heavy atom. The average molecular weight is 166 g/mol. The van der Waals surface area contributed by atoms with E-state index >= 15 is 0 Å². The molecule has 0 aromatic rings. The molecule has 0 unspecified atom stereocenters. The molecule has 0 bridgehead atoms. The highest BCUT2D eigenvalue weighted by atomic mass is 16.1. The Hall–Kier alpha value is -0.770. The molecule has 0 amide bonds. The maximum atomic E-state index is 11.1. The van der Waals surface area contributed by atoms with Crippen LogP contribution in [-0.2, 0) is 4.79 Å². The second-order valence-electron chi connectivity index (χ2n) is 3.05. The summed E-state index contributed by atoms with van der Waals surface area (Å²) in [4.78, 5) is 11.1. The van der Waals surface area contributed by atoms with Gasteiger partial charge in [0.2, 0.25) is 0 Å². The van der Waals surface area contributed by atoms with Gasteiger partial charge in [-0.2, -0.15) is 0 Å². The van der Waals surface area contributed by atoms with Gasteiger partial charge in [0.15, 0.2) is 0 Å². The highest BCUT2D eigenvalue weighted by Gasteiger charge is 1.99. The van der Waals surface area contributed by atoms with E-state index in [0.717, 1.165) is 25.7 Å². The largest absolute Gasteiger partial charge is 0.300 e. The average Bonchev–Trinajstić information content (AvgIpc) is 2.06. The molecule has 0 saturated carbocycles. The van der Waals surface area contributed by atoms with Gasteiger partial charge in [0.05, 0.1) is 0 Å². The number of Topliss-reactive ketones (excluding diaryl/α,β-unsaturated/α-hetero) is 1. The first-order chi connectivity index (χ1) is 5.81. The zero-order valence-corrected chi connectivity index (χ0v) is 7.94. The van der Waals surface area contributed by atoms with Gasteiger partial charge in [0, 0.05) is 19.3 Å². The van der Waals surface area contributed by atoms with E-state index in [9.17, 15) is 4.79 Å². The van der Waals surface area contributed by atoms with Crippen molar-refractivity contribution in [2.45, 2.75) is 51.9 Å². The van der Waals surface area contributed by atoms with Crippen LogP contribution in [0.1, 0.15) is 51.9 Å². The fourth-order valence-corrected chi connectivity index (χ4v) is 1.08. The smallest absolute Gasteiger partial charge is 0.132 e. The first kappa shape index (κ1) is 11.2. The van der Waals surface area contributed by atoms with Gasteiger partial charge >= 0.3 is 0 Å². The number of carbonyl (C=O) groups is 1. The molecule has 0 fully saturated rings. The molecular weight excluding hydrogens is 148 g/mol. The molecule has 0 rings (SSSR count). The minimum absolute atomic E-state index is 0.374. The van der Waals surface area contributed by atoms with E-state index in [0.29, 0.717) is 12.2 Å². The Labute approximate surface area is 75.5 Å². The molecule has 0 spiro atoms. The molecule has 0 aromatic heterocycles. The van der Waals surface area contributed by atoms with Crippen molar-refractivity contribution in [1.29, 1.82) is 0 Å². The summed E-state index contributed by atoms with van der Waals surface area (Å²) in [5, 5.41) is 0. The van der Waals surface area contributed by atoms with E-state index in [1.54, 1.807) is 0 Å². The molecule has 0 radical (unpaired) electrons. The van der Waals surface area contributed by atoms with E-state index in [-0.39, 0.29) is 0 Å². The number of ketones is 1. The van der Waals surface area contributed by atoms with Gasteiger partial charge < -0.3 is 0 Å². The van der Waals surface area contributed by atoms with Crippen LogP contribution in [0.5, 0.6) is 0 Å². The van der Waals surface area contributed by atoms with Gasteiger partial charge in [-0.1, -0.05) is 19.8 Å². The molecule has 68 valence electrons. The van der Waals surface area contributed by atoms with Crippen molar-refractivity contribution < 1.29 is 4.79 Å². The van der Waals surface area contributed by atoms with Crippen molar-refractivity contribution in [3.8, 4) is 12.3 Å². The third-order valence-corrected chi connectivity index (χ3v) is 1.84. The predicted octanol–water partition coefficient (Wildman–Crippen LogP) is 2.94. The van der Waals surface area contributed by atoms with E-state index < -0.39 is 0 Å². The fourth-order valence-electron chi connectivity index (χ4n) is 1.08. The lowest BCUT2D eigenvalue weighted by Crippen LogP contribution is -1.96. The summed E-state index contributed by atoms with van der Waals surface area (Å²) >= 11 is 0. The Morgan fingerprint density at radius 3 is 2.50 bits per heavy atom. The molecular formula is C11H18O. The highest BCUT2D eigenvalue weighted by Crippen LogP contribution is 2.04. The van der Waals surface area contributed by atoms with Gasteiger partial charge in [-0.3, -0.25) is 4.79 Å². The molecule has 0 N–H and O–H groups in total. The van der Waals surface area contributed by atoms with Crippen LogP contribution in [0.3, 0.4) is 0 Å². The zero-order valence-electron chi connectivity index (χ0n) is 7.94. The van der Waals surface area contributed by atoms with Crippen LogP contribution in [0.4, 0.5) is 0 Å². The molecule has 0 saturated heterocycles. The van der Waals surface area contributed by atoms with Crippen molar-refractivity contribution in [2.75, 3.05) is 0 Å². The maximum Gasteiger partial charge on any atom is 0.132 e. The quantitative estimate of drug-likeness (QED) is 0.420. The normalized spacial score (nSPS) is 9.33. The summed E-state index contributed by atoms with van der Waals surface area (Å²) in [6, 6.07) is 0. The molecule has 1 nitrogen and oxygen atoms in total. The minimum atomic E-state index is 0.374. The Bertz CT molecular complexity index is 153. The van der Waals surface area contributed by atoms with E-state index in [2.05, 4.69) is 12.8 Å². The lowest BCUT2D eigenvalue weighted by molar-refractivity contribution is -0.119. The number of rotatable bonds is 7. The standard InChI is InChI=1S/C11H18O/c1-3-5-7-9-11(12)10-8-6-4-2/h1H,4-10H2,2H3. The SMILES string of the molecule is C#CCCCC(=O)CCCCC. The van der Waals surface area contributed by atoms with E-state index in [1.165, 1.54) is 12.8 Å². The summed E-state index contributed by atoms with van der Waals surface area (Å²) in [7, 11) is 0. The fraction of sp³-hybridized carbons (Fsp3) is 0.727. The lowest BCUT2D eigenvalue weighted by atomic mass is 10.1. The first-order valence-corrected chi connectivity index (χ1v) is 4.76. The third-order valence-electron chi connectivity index (χ3n) is 1.84. The van der Waals surface area contributed by atoms with E-state index in [1.807, 2.05) is 0 Å². The van der Waals surface area contributed by atoms with Crippen LogP contribution < -0.4 is 0 Å². The third kappa shape index (κ3) is 7.34. The van der Waals surface area contributed by atoms with Crippen LogP contribution >= 0.6 is 0 Å². The summed E-state index contributed by atoms with van der Waals surface area (Å²) < 4.78 is 0. The second kappa shape index (κ2) is 8.33. The number of terminal acetylenes is 1.